The zero-order chi connectivity index (χ0) is 10.6. The van der Waals surface area contributed by atoms with Gasteiger partial charge in [0, 0.05) is 6.54 Å². The summed E-state index contributed by atoms with van der Waals surface area (Å²) in [7, 11) is -3.08. The van der Waals surface area contributed by atoms with E-state index in [0.717, 1.165) is 25.9 Å². The average Bonchev–Trinajstić information content (AvgIpc) is 2.16. The van der Waals surface area contributed by atoms with Crippen LogP contribution in [-0.4, -0.2) is 33.3 Å². The molecule has 0 saturated carbocycles. The first-order valence-corrected chi connectivity index (χ1v) is 6.76. The van der Waals surface area contributed by atoms with E-state index in [-0.39, 0.29) is 5.25 Å². The van der Waals surface area contributed by atoms with Crippen molar-refractivity contribution in [2.45, 2.75) is 31.9 Å². The van der Waals surface area contributed by atoms with Crippen LogP contribution in [0.1, 0.15) is 26.7 Å². The molecule has 1 aliphatic rings. The molecule has 0 aromatic heterocycles. The highest BCUT2D eigenvalue weighted by Gasteiger charge is 2.19. The quantitative estimate of drug-likeness (QED) is 0.717. The lowest BCUT2D eigenvalue weighted by Crippen LogP contribution is -2.40. The number of hydrogen-bond acceptors (Lipinski definition) is 3. The smallest absolute Gasteiger partial charge is 0.213 e. The molecule has 1 fully saturated rings. The SMILES string of the molecule is CC(C)S(=O)(=O)NC[C@H]1CCCNC1. The molecule has 14 heavy (non-hydrogen) atoms. The molecule has 1 atom stereocenters. The maximum Gasteiger partial charge on any atom is 0.213 e. The van der Waals surface area contributed by atoms with Gasteiger partial charge in [-0.3, -0.25) is 0 Å². The second-order valence-corrected chi connectivity index (χ2v) is 6.48. The van der Waals surface area contributed by atoms with Crippen LogP contribution in [0.3, 0.4) is 0 Å². The first-order valence-electron chi connectivity index (χ1n) is 5.21. The van der Waals surface area contributed by atoms with Gasteiger partial charge in [0.15, 0.2) is 0 Å². The second kappa shape index (κ2) is 5.09. The van der Waals surface area contributed by atoms with Crippen molar-refractivity contribution in [1.82, 2.24) is 10.0 Å². The molecule has 84 valence electrons. The highest BCUT2D eigenvalue weighted by molar-refractivity contribution is 7.90. The van der Waals surface area contributed by atoms with Crippen molar-refractivity contribution < 1.29 is 8.42 Å². The van der Waals surface area contributed by atoms with Gasteiger partial charge in [0.05, 0.1) is 5.25 Å². The summed E-state index contributed by atoms with van der Waals surface area (Å²) >= 11 is 0. The van der Waals surface area contributed by atoms with Crippen LogP contribution in [0.4, 0.5) is 0 Å². The minimum absolute atomic E-state index is 0.334. The summed E-state index contributed by atoms with van der Waals surface area (Å²) in [5.41, 5.74) is 0. The normalized spacial score (nSPS) is 24.1. The molecule has 0 spiro atoms. The molecule has 0 bridgehead atoms. The largest absolute Gasteiger partial charge is 0.316 e. The van der Waals surface area contributed by atoms with Crippen molar-refractivity contribution in [3.63, 3.8) is 0 Å². The van der Waals surface area contributed by atoms with Crippen molar-refractivity contribution in [3.8, 4) is 0 Å². The summed E-state index contributed by atoms with van der Waals surface area (Å²) in [5.74, 6) is 0.456. The lowest BCUT2D eigenvalue weighted by molar-refractivity contribution is 0.375. The van der Waals surface area contributed by atoms with E-state index in [9.17, 15) is 8.42 Å². The molecular formula is C9H20N2O2S. The van der Waals surface area contributed by atoms with Crippen LogP contribution in [0.5, 0.6) is 0 Å². The highest BCUT2D eigenvalue weighted by atomic mass is 32.2. The molecule has 2 N–H and O–H groups in total. The Morgan fingerprint density at radius 2 is 2.21 bits per heavy atom. The van der Waals surface area contributed by atoms with Gasteiger partial charge in [0.25, 0.3) is 0 Å². The Balaban J connectivity index is 2.32. The summed E-state index contributed by atoms with van der Waals surface area (Å²) in [4.78, 5) is 0. The van der Waals surface area contributed by atoms with Crippen LogP contribution in [-0.2, 0) is 10.0 Å². The molecule has 1 aliphatic heterocycles. The Bertz CT molecular complexity index is 256. The first-order chi connectivity index (χ1) is 6.52. The maximum absolute atomic E-state index is 11.4. The van der Waals surface area contributed by atoms with Crippen LogP contribution < -0.4 is 10.0 Å². The van der Waals surface area contributed by atoms with E-state index >= 15 is 0 Å². The summed E-state index contributed by atoms with van der Waals surface area (Å²) in [6.45, 7) is 5.96. The minimum atomic E-state index is -3.08. The third-order valence-corrected chi connectivity index (χ3v) is 4.40. The molecule has 0 radical (unpaired) electrons. The zero-order valence-electron chi connectivity index (χ0n) is 8.91. The molecular weight excluding hydrogens is 200 g/mol. The third kappa shape index (κ3) is 3.55. The van der Waals surface area contributed by atoms with Crippen molar-refractivity contribution >= 4 is 10.0 Å². The third-order valence-electron chi connectivity index (χ3n) is 2.59. The van der Waals surface area contributed by atoms with Gasteiger partial charge in [-0.1, -0.05) is 0 Å². The molecule has 0 aromatic carbocycles. The number of nitrogens with one attached hydrogen (secondary N) is 2. The maximum atomic E-state index is 11.4. The average molecular weight is 220 g/mol. The van der Waals surface area contributed by atoms with Gasteiger partial charge in [-0.15, -0.1) is 0 Å². The molecule has 0 aliphatic carbocycles. The fraction of sp³-hybridized carbons (Fsp3) is 1.00. The van der Waals surface area contributed by atoms with Crippen LogP contribution in [0.25, 0.3) is 0 Å². The molecule has 1 heterocycles. The topological polar surface area (TPSA) is 58.2 Å². The minimum Gasteiger partial charge on any atom is -0.316 e. The van der Waals surface area contributed by atoms with Gasteiger partial charge in [0.2, 0.25) is 10.0 Å². The number of sulfonamides is 1. The Morgan fingerprint density at radius 1 is 1.50 bits per heavy atom. The molecule has 0 amide bonds. The van der Waals surface area contributed by atoms with Crippen molar-refractivity contribution in [2.75, 3.05) is 19.6 Å². The molecule has 5 heteroatoms. The summed E-state index contributed by atoms with van der Waals surface area (Å²) in [6.07, 6.45) is 2.27. The van der Waals surface area contributed by atoms with Crippen molar-refractivity contribution in [2.24, 2.45) is 5.92 Å². The first kappa shape index (κ1) is 11.9. The second-order valence-electron chi connectivity index (χ2n) is 4.15. The van der Waals surface area contributed by atoms with Gasteiger partial charge >= 0.3 is 0 Å². The number of piperidine rings is 1. The van der Waals surface area contributed by atoms with E-state index < -0.39 is 10.0 Å². The molecule has 0 aromatic rings. The van der Waals surface area contributed by atoms with Crippen LogP contribution in [0, 0.1) is 5.92 Å². The van der Waals surface area contributed by atoms with Gasteiger partial charge < -0.3 is 5.32 Å². The van der Waals surface area contributed by atoms with E-state index in [1.54, 1.807) is 13.8 Å². The fourth-order valence-corrected chi connectivity index (χ4v) is 2.30. The van der Waals surface area contributed by atoms with E-state index in [4.69, 9.17) is 0 Å². The monoisotopic (exact) mass is 220 g/mol. The zero-order valence-corrected chi connectivity index (χ0v) is 9.73. The van der Waals surface area contributed by atoms with Crippen LogP contribution >= 0.6 is 0 Å². The standard InChI is InChI=1S/C9H20N2O2S/c1-8(2)14(12,13)11-7-9-4-3-5-10-6-9/h8-11H,3-7H2,1-2H3/t9-/m0/s1. The lowest BCUT2D eigenvalue weighted by Gasteiger charge is -2.23. The Hall–Kier alpha value is -0.130. The van der Waals surface area contributed by atoms with Crippen molar-refractivity contribution in [1.29, 1.82) is 0 Å². The Morgan fingerprint density at radius 3 is 2.71 bits per heavy atom. The van der Waals surface area contributed by atoms with Crippen LogP contribution in [0.15, 0.2) is 0 Å². The number of hydrogen-bond donors (Lipinski definition) is 2. The summed E-state index contributed by atoms with van der Waals surface area (Å²) < 4.78 is 25.5. The summed E-state index contributed by atoms with van der Waals surface area (Å²) in [5, 5.41) is 2.93. The predicted octanol–water partition coefficient (Wildman–Crippen LogP) is 0.314. The van der Waals surface area contributed by atoms with E-state index in [0.29, 0.717) is 12.5 Å². The van der Waals surface area contributed by atoms with Crippen molar-refractivity contribution in [3.05, 3.63) is 0 Å². The predicted molar refractivity (Wildman–Crippen MR) is 57.7 cm³/mol. The number of rotatable bonds is 4. The Kier molecular flexibility index (Phi) is 4.34. The molecule has 4 nitrogen and oxygen atoms in total. The lowest BCUT2D eigenvalue weighted by atomic mass is 10.0. The van der Waals surface area contributed by atoms with Gasteiger partial charge in [-0.25, -0.2) is 13.1 Å². The highest BCUT2D eigenvalue weighted by Crippen LogP contribution is 2.09. The summed E-state index contributed by atoms with van der Waals surface area (Å²) in [6, 6.07) is 0. The fourth-order valence-electron chi connectivity index (χ4n) is 1.50. The van der Waals surface area contributed by atoms with Gasteiger partial charge in [-0.05, 0) is 45.7 Å². The van der Waals surface area contributed by atoms with Gasteiger partial charge in [0.1, 0.15) is 0 Å². The molecule has 0 unspecified atom stereocenters. The van der Waals surface area contributed by atoms with E-state index in [2.05, 4.69) is 10.0 Å². The van der Waals surface area contributed by atoms with E-state index in [1.807, 2.05) is 0 Å². The van der Waals surface area contributed by atoms with Gasteiger partial charge in [-0.2, -0.15) is 0 Å². The molecule has 1 saturated heterocycles. The molecule has 1 rings (SSSR count). The Labute approximate surface area is 86.5 Å². The van der Waals surface area contributed by atoms with Crippen LogP contribution in [0.2, 0.25) is 0 Å². The van der Waals surface area contributed by atoms with E-state index in [1.165, 1.54) is 0 Å².